The molecule has 0 unspecified atom stereocenters. The van der Waals surface area contributed by atoms with E-state index in [4.69, 9.17) is 9.47 Å². The van der Waals surface area contributed by atoms with Crippen molar-refractivity contribution >= 4 is 39.3 Å². The normalized spacial score (nSPS) is 16.7. The second-order valence-corrected chi connectivity index (χ2v) is 10.7. The zero-order valence-electron chi connectivity index (χ0n) is 18.9. The van der Waals surface area contributed by atoms with E-state index in [9.17, 15) is 18.0 Å². The Morgan fingerprint density at radius 2 is 1.88 bits per heavy atom. The summed E-state index contributed by atoms with van der Waals surface area (Å²) in [5.74, 6) is 0.374. The van der Waals surface area contributed by atoms with Crippen LogP contribution in [0.2, 0.25) is 0 Å². The van der Waals surface area contributed by atoms with Crippen LogP contribution in [-0.2, 0) is 30.9 Å². The van der Waals surface area contributed by atoms with Crippen LogP contribution < -0.4 is 15.0 Å². The number of nitrogens with one attached hydrogen (secondary N) is 1. The Kier molecular flexibility index (Phi) is 7.77. The monoisotopic (exact) mass is 505 g/mol. The van der Waals surface area contributed by atoms with Gasteiger partial charge in [0.05, 0.1) is 36.2 Å². The number of fused-ring (bicyclic) bond motifs is 1. The summed E-state index contributed by atoms with van der Waals surface area (Å²) >= 11 is 1.33. The van der Waals surface area contributed by atoms with Crippen LogP contribution in [0.4, 0.5) is 5.69 Å². The molecule has 1 N–H and O–H groups in total. The summed E-state index contributed by atoms with van der Waals surface area (Å²) in [6.45, 7) is 3.86. The van der Waals surface area contributed by atoms with Crippen LogP contribution in [0.5, 0.6) is 5.75 Å². The molecular formula is C23H27N3O6S2. The predicted octanol–water partition coefficient (Wildman–Crippen LogP) is 1.86. The maximum Gasteiger partial charge on any atom is 0.243 e. The minimum Gasteiger partial charge on any atom is -0.494 e. The Morgan fingerprint density at radius 3 is 2.59 bits per heavy atom. The van der Waals surface area contributed by atoms with Crippen LogP contribution in [0.15, 0.2) is 52.3 Å². The van der Waals surface area contributed by atoms with Gasteiger partial charge in [-0.3, -0.25) is 9.59 Å². The van der Waals surface area contributed by atoms with Crippen LogP contribution in [0.25, 0.3) is 0 Å². The highest BCUT2D eigenvalue weighted by Crippen LogP contribution is 2.37. The third kappa shape index (κ3) is 5.54. The Bertz CT molecular complexity index is 1150. The number of morpholine rings is 1. The molecule has 1 fully saturated rings. The molecule has 34 heavy (non-hydrogen) atoms. The summed E-state index contributed by atoms with van der Waals surface area (Å²) in [6.07, 6.45) is 0. The van der Waals surface area contributed by atoms with Gasteiger partial charge in [0, 0.05) is 24.5 Å². The molecule has 2 aromatic carbocycles. The van der Waals surface area contributed by atoms with E-state index in [0.29, 0.717) is 32.1 Å². The molecule has 0 bridgehead atoms. The van der Waals surface area contributed by atoms with Crippen molar-refractivity contribution < 1.29 is 27.5 Å². The second kappa shape index (κ2) is 10.8. The molecule has 0 saturated carbocycles. The van der Waals surface area contributed by atoms with Crippen molar-refractivity contribution in [3.63, 3.8) is 0 Å². The number of carbonyl (C=O) groups is 2. The highest BCUT2D eigenvalue weighted by atomic mass is 32.2. The minimum atomic E-state index is -3.72. The molecule has 0 aromatic heterocycles. The van der Waals surface area contributed by atoms with Gasteiger partial charge in [0.2, 0.25) is 21.8 Å². The van der Waals surface area contributed by atoms with Crippen LogP contribution in [0, 0.1) is 0 Å². The smallest absolute Gasteiger partial charge is 0.243 e. The number of ether oxygens (including phenoxy) is 2. The van der Waals surface area contributed by atoms with Crippen molar-refractivity contribution in [3.05, 3.63) is 48.0 Å². The number of nitrogens with zero attached hydrogens (tertiary/aromatic N) is 2. The molecule has 0 radical (unpaired) electrons. The van der Waals surface area contributed by atoms with Crippen molar-refractivity contribution in [1.82, 2.24) is 9.62 Å². The molecule has 2 aliphatic heterocycles. The summed E-state index contributed by atoms with van der Waals surface area (Å²) in [7, 11) is -3.72. The Labute approximate surface area is 203 Å². The van der Waals surface area contributed by atoms with Gasteiger partial charge in [-0.15, -0.1) is 11.8 Å². The predicted molar refractivity (Wildman–Crippen MR) is 129 cm³/mol. The summed E-state index contributed by atoms with van der Waals surface area (Å²) in [5.41, 5.74) is 1.34. The number of anilines is 1. The maximum absolute atomic E-state index is 13.1. The van der Waals surface area contributed by atoms with E-state index in [-0.39, 0.29) is 42.1 Å². The number of sulfonamides is 1. The van der Waals surface area contributed by atoms with Crippen LogP contribution >= 0.6 is 11.8 Å². The molecule has 4 rings (SSSR count). The van der Waals surface area contributed by atoms with Gasteiger partial charge in [-0.1, -0.05) is 12.1 Å². The number of rotatable bonds is 8. The highest BCUT2D eigenvalue weighted by Gasteiger charge is 2.31. The molecular weight excluding hydrogens is 478 g/mol. The average Bonchev–Trinajstić information content (AvgIpc) is 2.86. The van der Waals surface area contributed by atoms with Gasteiger partial charge in [0.25, 0.3) is 0 Å². The largest absolute Gasteiger partial charge is 0.494 e. The van der Waals surface area contributed by atoms with Gasteiger partial charge in [-0.05, 0) is 42.8 Å². The number of hydrogen-bond donors (Lipinski definition) is 1. The van der Waals surface area contributed by atoms with Crippen molar-refractivity contribution in [2.75, 3.05) is 50.1 Å². The first-order valence-electron chi connectivity index (χ1n) is 11.0. The molecule has 2 heterocycles. The number of thioether (sulfide) groups is 1. The van der Waals surface area contributed by atoms with E-state index in [1.807, 2.05) is 31.2 Å². The third-order valence-corrected chi connectivity index (χ3v) is 8.45. The standard InChI is InChI=1S/C23H27N3O6S2/c1-2-32-18-5-3-17(4-6-18)14-24-22(27)15-26-20-13-19(7-8-21(20)33-16-23(26)28)34(29,30)25-9-11-31-12-10-25/h3-8,13H,2,9-12,14-16H2,1H3,(H,24,27). The Morgan fingerprint density at radius 1 is 1.15 bits per heavy atom. The van der Waals surface area contributed by atoms with Crippen molar-refractivity contribution in [2.45, 2.75) is 23.3 Å². The highest BCUT2D eigenvalue weighted by molar-refractivity contribution is 8.00. The maximum atomic E-state index is 13.1. The van der Waals surface area contributed by atoms with Crippen molar-refractivity contribution in [1.29, 1.82) is 0 Å². The lowest BCUT2D eigenvalue weighted by atomic mass is 10.2. The van der Waals surface area contributed by atoms with Gasteiger partial charge in [-0.25, -0.2) is 8.42 Å². The van der Waals surface area contributed by atoms with Crippen molar-refractivity contribution in [3.8, 4) is 5.75 Å². The molecule has 9 nitrogen and oxygen atoms in total. The number of benzene rings is 2. The topological polar surface area (TPSA) is 105 Å². The van der Waals surface area contributed by atoms with Gasteiger partial charge in [-0.2, -0.15) is 4.31 Å². The first-order valence-corrected chi connectivity index (χ1v) is 13.4. The minimum absolute atomic E-state index is 0.100. The Hall–Kier alpha value is -2.60. The summed E-state index contributed by atoms with van der Waals surface area (Å²) in [4.78, 5) is 27.5. The molecule has 0 aliphatic carbocycles. The third-order valence-electron chi connectivity index (χ3n) is 5.51. The fourth-order valence-electron chi connectivity index (χ4n) is 3.72. The van der Waals surface area contributed by atoms with Crippen LogP contribution in [0.1, 0.15) is 12.5 Å². The lowest BCUT2D eigenvalue weighted by Crippen LogP contribution is -2.43. The zero-order valence-corrected chi connectivity index (χ0v) is 20.5. The first-order chi connectivity index (χ1) is 16.4. The van der Waals surface area contributed by atoms with E-state index in [1.54, 1.807) is 12.1 Å². The fourth-order valence-corrected chi connectivity index (χ4v) is 6.07. The van der Waals surface area contributed by atoms with Gasteiger partial charge < -0.3 is 19.7 Å². The zero-order chi connectivity index (χ0) is 24.1. The molecule has 2 aromatic rings. The molecule has 2 aliphatic rings. The van der Waals surface area contributed by atoms with E-state index in [1.165, 1.54) is 27.0 Å². The van der Waals surface area contributed by atoms with E-state index in [0.717, 1.165) is 16.2 Å². The average molecular weight is 506 g/mol. The van der Waals surface area contributed by atoms with Gasteiger partial charge >= 0.3 is 0 Å². The van der Waals surface area contributed by atoms with E-state index >= 15 is 0 Å². The van der Waals surface area contributed by atoms with Crippen LogP contribution in [0.3, 0.4) is 0 Å². The number of hydrogen-bond acceptors (Lipinski definition) is 7. The molecule has 1 saturated heterocycles. The summed E-state index contributed by atoms with van der Waals surface area (Å²) < 4.78 is 38.2. The van der Waals surface area contributed by atoms with E-state index in [2.05, 4.69) is 5.32 Å². The van der Waals surface area contributed by atoms with Crippen molar-refractivity contribution in [2.24, 2.45) is 0 Å². The first kappa shape index (κ1) is 24.5. The van der Waals surface area contributed by atoms with Gasteiger partial charge in [0.1, 0.15) is 12.3 Å². The molecule has 2 amide bonds. The molecule has 0 atom stereocenters. The molecule has 11 heteroatoms. The SMILES string of the molecule is CCOc1ccc(CNC(=O)CN2C(=O)CSc3ccc(S(=O)(=O)N4CCOCC4)cc32)cc1. The van der Waals surface area contributed by atoms with E-state index < -0.39 is 10.0 Å². The van der Waals surface area contributed by atoms with Gasteiger partial charge in [0.15, 0.2) is 0 Å². The molecule has 0 spiro atoms. The summed E-state index contributed by atoms with van der Waals surface area (Å²) in [5, 5.41) is 2.82. The summed E-state index contributed by atoms with van der Waals surface area (Å²) in [6, 6.07) is 12.1. The quantitative estimate of drug-likeness (QED) is 0.584. The van der Waals surface area contributed by atoms with Crippen LogP contribution in [-0.4, -0.2) is 69.7 Å². The Balaban J connectivity index is 1.47. The lowest BCUT2D eigenvalue weighted by molar-refractivity contribution is -0.123. The molecule has 182 valence electrons. The second-order valence-electron chi connectivity index (χ2n) is 7.77. The fraction of sp³-hybridized carbons (Fsp3) is 0.391. The number of amides is 2. The lowest BCUT2D eigenvalue weighted by Gasteiger charge is -2.30. The number of carbonyl (C=O) groups excluding carboxylic acids is 2.